The number of thioether (sulfide) groups is 1. The monoisotopic (exact) mass is 474 g/mol. The van der Waals surface area contributed by atoms with Gasteiger partial charge in [0.25, 0.3) is 11.5 Å². The number of rotatable bonds is 6. The van der Waals surface area contributed by atoms with Crippen molar-refractivity contribution in [2.24, 2.45) is 5.92 Å². The van der Waals surface area contributed by atoms with Crippen molar-refractivity contribution in [3.05, 3.63) is 31.9 Å². The number of nitrogens with zero attached hydrogens (tertiary/aromatic N) is 4. The quantitative estimate of drug-likeness (QED) is 0.495. The Labute approximate surface area is 196 Å². The van der Waals surface area contributed by atoms with E-state index in [1.165, 1.54) is 0 Å². The maximum Gasteiger partial charge on any atom is 0.323 e. The summed E-state index contributed by atoms with van der Waals surface area (Å²) in [5.74, 6) is -0.326. The highest BCUT2D eigenvalue weighted by Gasteiger charge is 2.34. The number of carbonyl (C=O) groups excluding carboxylic acids is 1. The van der Waals surface area contributed by atoms with Gasteiger partial charge in [0, 0.05) is 25.2 Å². The number of carboxylic acid groups (broad SMARTS) is 1. The predicted molar refractivity (Wildman–Crippen MR) is 129 cm³/mol. The van der Waals surface area contributed by atoms with Crippen LogP contribution in [-0.2, 0) is 16.1 Å². The van der Waals surface area contributed by atoms with Crippen LogP contribution in [0.3, 0.4) is 0 Å². The van der Waals surface area contributed by atoms with Crippen LogP contribution in [0.25, 0.3) is 6.08 Å². The van der Waals surface area contributed by atoms with Crippen LogP contribution in [0.1, 0.15) is 49.8 Å². The van der Waals surface area contributed by atoms with Gasteiger partial charge in [-0.15, -0.1) is 0 Å². The van der Waals surface area contributed by atoms with E-state index >= 15 is 0 Å². The minimum atomic E-state index is -1.15. The average molecular weight is 475 g/mol. The molecule has 3 rings (SSSR count). The molecule has 170 valence electrons. The molecule has 0 unspecified atom stereocenters. The maximum absolute atomic E-state index is 13.1. The molecule has 10 heteroatoms. The zero-order valence-corrected chi connectivity index (χ0v) is 20.0. The van der Waals surface area contributed by atoms with Gasteiger partial charge in [0.2, 0.25) is 0 Å². The Morgan fingerprint density at radius 1 is 1.34 bits per heavy atom. The van der Waals surface area contributed by atoms with Crippen molar-refractivity contribution in [3.63, 3.8) is 0 Å². The second-order valence-electron chi connectivity index (χ2n) is 8.14. The lowest BCUT2D eigenvalue weighted by molar-refractivity contribution is -0.140. The van der Waals surface area contributed by atoms with Gasteiger partial charge >= 0.3 is 5.97 Å². The summed E-state index contributed by atoms with van der Waals surface area (Å²) >= 11 is 6.25. The Balaban J connectivity index is 2.21. The second-order valence-corrected chi connectivity index (χ2v) is 9.81. The first kappa shape index (κ1) is 24.0. The third-order valence-electron chi connectivity index (χ3n) is 5.82. The molecule has 1 aromatic rings. The van der Waals surface area contributed by atoms with E-state index in [1.807, 2.05) is 13.0 Å². The first-order valence-corrected chi connectivity index (χ1v) is 11.8. The summed E-state index contributed by atoms with van der Waals surface area (Å²) in [5, 5.41) is 18.8. The number of carboxylic acids is 1. The predicted octanol–water partition coefficient (Wildman–Crippen LogP) is 2.96. The molecule has 0 aliphatic carbocycles. The van der Waals surface area contributed by atoms with Crippen LogP contribution in [-0.4, -0.2) is 50.4 Å². The van der Waals surface area contributed by atoms with Gasteiger partial charge in [-0.25, -0.2) is 0 Å². The molecule has 0 bridgehead atoms. The van der Waals surface area contributed by atoms with E-state index in [9.17, 15) is 19.6 Å². The van der Waals surface area contributed by atoms with Crippen molar-refractivity contribution in [2.75, 3.05) is 24.5 Å². The summed E-state index contributed by atoms with van der Waals surface area (Å²) in [6.45, 7) is 7.39. The first-order valence-electron chi connectivity index (χ1n) is 10.6. The zero-order chi connectivity index (χ0) is 23.6. The Hall–Kier alpha value is -2.64. The van der Waals surface area contributed by atoms with Crippen molar-refractivity contribution in [2.45, 2.75) is 46.6 Å². The number of pyridine rings is 1. The highest BCUT2D eigenvalue weighted by atomic mass is 32.2. The van der Waals surface area contributed by atoms with Gasteiger partial charge in [-0.05, 0) is 43.7 Å². The highest BCUT2D eigenvalue weighted by Crippen LogP contribution is 2.36. The lowest BCUT2D eigenvalue weighted by Gasteiger charge is -2.35. The average Bonchev–Trinajstić information content (AvgIpc) is 3.00. The number of nitriles is 1. The lowest BCUT2D eigenvalue weighted by atomic mass is 9.97. The number of thiocarbonyl (C=S) groups is 1. The Kier molecular flexibility index (Phi) is 7.41. The highest BCUT2D eigenvalue weighted by molar-refractivity contribution is 8.26. The van der Waals surface area contributed by atoms with Gasteiger partial charge in [-0.3, -0.25) is 23.9 Å². The number of amides is 1. The third-order valence-corrected chi connectivity index (χ3v) is 7.20. The Morgan fingerprint density at radius 2 is 2.00 bits per heavy atom. The molecule has 0 saturated carbocycles. The molecule has 2 saturated heterocycles. The number of hydrogen-bond donors (Lipinski definition) is 1. The zero-order valence-electron chi connectivity index (χ0n) is 18.4. The summed E-state index contributed by atoms with van der Waals surface area (Å²) in [7, 11) is 0. The molecule has 1 aromatic heterocycles. The number of carbonyl (C=O) groups is 2. The van der Waals surface area contributed by atoms with Crippen molar-refractivity contribution in [1.29, 1.82) is 5.26 Å². The van der Waals surface area contributed by atoms with Crippen LogP contribution in [0.2, 0.25) is 0 Å². The van der Waals surface area contributed by atoms with E-state index in [2.05, 4.69) is 11.8 Å². The van der Waals surface area contributed by atoms with Gasteiger partial charge in [-0.1, -0.05) is 37.8 Å². The van der Waals surface area contributed by atoms with Gasteiger partial charge < -0.3 is 10.0 Å². The largest absolute Gasteiger partial charge is 0.480 e. The van der Waals surface area contributed by atoms with E-state index in [0.717, 1.165) is 42.6 Å². The summed E-state index contributed by atoms with van der Waals surface area (Å²) in [6, 6.07) is 2.03. The Bertz CT molecular complexity index is 1090. The molecule has 0 atom stereocenters. The lowest BCUT2D eigenvalue weighted by Crippen LogP contribution is -2.39. The van der Waals surface area contributed by atoms with Crippen LogP contribution >= 0.6 is 24.0 Å². The maximum atomic E-state index is 13.1. The normalized spacial score (nSPS) is 18.5. The summed E-state index contributed by atoms with van der Waals surface area (Å²) in [5.41, 5.74) is 0.887. The van der Waals surface area contributed by atoms with Crippen molar-refractivity contribution < 1.29 is 14.7 Å². The number of hydrogen-bond acceptors (Lipinski definition) is 7. The first-order chi connectivity index (χ1) is 15.2. The van der Waals surface area contributed by atoms with Gasteiger partial charge in [0.15, 0.2) is 0 Å². The SMILES string of the molecule is CCCn1c(N2CCC(C)CC2)c(C=C2SC(=S)N(CC(=O)O)C2=O)c(C)c(C#N)c1=O. The van der Waals surface area contributed by atoms with Gasteiger partial charge in [-0.2, -0.15) is 5.26 Å². The molecule has 32 heavy (non-hydrogen) atoms. The van der Waals surface area contributed by atoms with Crippen molar-refractivity contribution in [1.82, 2.24) is 9.47 Å². The molecule has 2 aliphatic rings. The minimum Gasteiger partial charge on any atom is -0.480 e. The fourth-order valence-corrected chi connectivity index (χ4v) is 5.28. The molecular weight excluding hydrogens is 448 g/mol. The molecule has 3 heterocycles. The number of piperidine rings is 1. The Morgan fingerprint density at radius 3 is 2.56 bits per heavy atom. The van der Waals surface area contributed by atoms with E-state index in [1.54, 1.807) is 17.6 Å². The van der Waals surface area contributed by atoms with E-state index in [-0.39, 0.29) is 20.3 Å². The molecule has 2 fully saturated rings. The second kappa shape index (κ2) is 9.88. The van der Waals surface area contributed by atoms with Crippen molar-refractivity contribution in [3.8, 4) is 6.07 Å². The standard InChI is InChI=1S/C22H26N4O4S2/c1-4-7-25-19(24-8-5-13(2)6-9-24)15(14(3)16(11-23)20(25)29)10-17-21(30)26(12-18(27)28)22(31)32-17/h10,13H,4-9,12H2,1-3H3,(H,27,28). The minimum absolute atomic E-state index is 0.0554. The van der Waals surface area contributed by atoms with Crippen LogP contribution in [0.15, 0.2) is 9.70 Å². The molecule has 0 radical (unpaired) electrons. The van der Waals surface area contributed by atoms with E-state index in [4.69, 9.17) is 17.3 Å². The van der Waals surface area contributed by atoms with E-state index in [0.29, 0.717) is 35.8 Å². The van der Waals surface area contributed by atoms with Gasteiger partial charge in [0.05, 0.1) is 4.91 Å². The summed E-state index contributed by atoms with van der Waals surface area (Å²) < 4.78 is 1.82. The summed E-state index contributed by atoms with van der Waals surface area (Å²) in [4.78, 5) is 40.6. The number of anilines is 1. The molecule has 1 N–H and O–H groups in total. The molecule has 1 amide bonds. The fraction of sp³-hybridized carbons (Fsp3) is 0.500. The van der Waals surface area contributed by atoms with Gasteiger partial charge in [0.1, 0.15) is 28.3 Å². The third kappa shape index (κ3) is 4.59. The van der Waals surface area contributed by atoms with Crippen LogP contribution in [0.5, 0.6) is 0 Å². The topological polar surface area (TPSA) is 107 Å². The van der Waals surface area contributed by atoms with Crippen LogP contribution in [0.4, 0.5) is 5.82 Å². The van der Waals surface area contributed by atoms with E-state index < -0.39 is 18.4 Å². The molecule has 8 nitrogen and oxygen atoms in total. The molecule has 0 spiro atoms. The molecule has 2 aliphatic heterocycles. The molecular formula is C22H26N4O4S2. The smallest absolute Gasteiger partial charge is 0.323 e. The molecule has 0 aromatic carbocycles. The van der Waals surface area contributed by atoms with Crippen LogP contribution in [0, 0.1) is 24.2 Å². The summed E-state index contributed by atoms with van der Waals surface area (Å²) in [6.07, 6.45) is 4.35. The fourth-order valence-electron chi connectivity index (χ4n) is 4.04. The number of aliphatic carboxylic acids is 1. The number of aromatic nitrogens is 1. The van der Waals surface area contributed by atoms with Crippen molar-refractivity contribution >= 4 is 52.1 Å². The van der Waals surface area contributed by atoms with Crippen LogP contribution < -0.4 is 10.5 Å².